The number of halogens is 6. The maximum absolute atomic E-state index is 15.5. The van der Waals surface area contributed by atoms with Gasteiger partial charge in [-0.15, -0.1) is 0 Å². The molecular weight excluding hydrogens is 573 g/mol. The van der Waals surface area contributed by atoms with Crippen LogP contribution in [0.5, 0.6) is 5.75 Å². The fraction of sp³-hybridized carbons (Fsp3) is 0.517. The summed E-state index contributed by atoms with van der Waals surface area (Å²) in [7, 11) is 0. The normalized spacial score (nSPS) is 26.5. The molecule has 2 aromatic carbocycles. The smallest absolute Gasteiger partial charge is 0.418 e. The second kappa shape index (κ2) is 12.9. The van der Waals surface area contributed by atoms with E-state index >= 15 is 4.39 Å². The lowest BCUT2D eigenvalue weighted by Crippen LogP contribution is -2.70. The van der Waals surface area contributed by atoms with Gasteiger partial charge in [0.25, 0.3) is 0 Å². The van der Waals surface area contributed by atoms with Gasteiger partial charge < -0.3 is 20.3 Å². The Morgan fingerprint density at radius 3 is 2.22 bits per heavy atom. The van der Waals surface area contributed by atoms with E-state index in [0.29, 0.717) is 43.8 Å². The molecule has 12 heteroatoms. The van der Waals surface area contributed by atoms with Gasteiger partial charge in [0.05, 0.1) is 34.1 Å². The van der Waals surface area contributed by atoms with E-state index in [0.717, 1.165) is 6.92 Å². The topological polar surface area (TPSA) is 95.9 Å². The number of rotatable bonds is 12. The number of piperidine rings is 1. The Morgan fingerprint density at radius 2 is 1.66 bits per heavy atom. The summed E-state index contributed by atoms with van der Waals surface area (Å²) >= 11 is 5.89. The number of alkyl halides is 4. The van der Waals surface area contributed by atoms with Crippen LogP contribution in [0, 0.1) is 16.6 Å². The SMILES string of the molecule is CC1NC(CF)C(C)(C(=O)O)C(c2c(F)ccc(Cl)c2C(F)(F)F)C1(CCCCCCOc1ccccc1)C(=O)O. The Balaban J connectivity index is 2.03. The molecule has 226 valence electrons. The first kappa shape index (κ1) is 32.6. The van der Waals surface area contributed by atoms with Gasteiger partial charge in [0.15, 0.2) is 0 Å². The second-order valence-corrected chi connectivity index (χ2v) is 11.0. The fourth-order valence-corrected chi connectivity index (χ4v) is 6.41. The van der Waals surface area contributed by atoms with E-state index in [4.69, 9.17) is 16.3 Å². The number of carboxylic acid groups (broad SMARTS) is 2. The third kappa shape index (κ3) is 6.30. The Bertz CT molecular complexity index is 1230. The first-order valence-corrected chi connectivity index (χ1v) is 13.6. The highest BCUT2D eigenvalue weighted by molar-refractivity contribution is 6.31. The van der Waals surface area contributed by atoms with Crippen LogP contribution in [0.1, 0.15) is 63.0 Å². The number of ether oxygens (including phenoxy) is 1. The predicted octanol–water partition coefficient (Wildman–Crippen LogP) is 7.10. The van der Waals surface area contributed by atoms with E-state index in [9.17, 15) is 37.4 Å². The molecule has 1 aliphatic heterocycles. The van der Waals surface area contributed by atoms with Crippen LogP contribution < -0.4 is 10.1 Å². The number of benzene rings is 2. The van der Waals surface area contributed by atoms with Crippen LogP contribution in [0.25, 0.3) is 0 Å². The number of para-hydroxylation sites is 1. The third-order valence-corrected chi connectivity index (χ3v) is 8.60. The molecule has 3 rings (SSSR count). The summed E-state index contributed by atoms with van der Waals surface area (Å²) in [6.45, 7) is 1.34. The number of hydrogen-bond donors (Lipinski definition) is 3. The Labute approximate surface area is 239 Å². The van der Waals surface area contributed by atoms with E-state index in [2.05, 4.69) is 5.32 Å². The molecular formula is C29H33ClF5NO5. The summed E-state index contributed by atoms with van der Waals surface area (Å²) in [4.78, 5) is 25.8. The quantitative estimate of drug-likeness (QED) is 0.176. The first-order chi connectivity index (χ1) is 19.2. The number of aliphatic carboxylic acids is 2. The van der Waals surface area contributed by atoms with E-state index in [1.807, 2.05) is 18.2 Å². The minimum absolute atomic E-state index is 0.166. The molecule has 0 spiro atoms. The van der Waals surface area contributed by atoms with Gasteiger partial charge in [0, 0.05) is 17.5 Å². The zero-order chi connectivity index (χ0) is 30.6. The molecule has 0 bridgehead atoms. The molecule has 3 N–H and O–H groups in total. The molecule has 5 unspecified atom stereocenters. The van der Waals surface area contributed by atoms with Crippen LogP contribution in [0.2, 0.25) is 5.02 Å². The fourth-order valence-electron chi connectivity index (χ4n) is 6.14. The Kier molecular flexibility index (Phi) is 10.3. The van der Waals surface area contributed by atoms with Crippen LogP contribution in [0.4, 0.5) is 22.0 Å². The lowest BCUT2D eigenvalue weighted by Gasteiger charge is -2.56. The average Bonchev–Trinajstić information content (AvgIpc) is 2.90. The maximum atomic E-state index is 15.5. The molecule has 2 aromatic rings. The van der Waals surface area contributed by atoms with Crippen LogP contribution in [0.3, 0.4) is 0 Å². The molecule has 41 heavy (non-hydrogen) atoms. The highest BCUT2D eigenvalue weighted by Crippen LogP contribution is 2.60. The van der Waals surface area contributed by atoms with Gasteiger partial charge in [-0.05, 0) is 51.0 Å². The summed E-state index contributed by atoms with van der Waals surface area (Å²) in [5, 5.41) is 22.7. The van der Waals surface area contributed by atoms with Crippen molar-refractivity contribution in [2.75, 3.05) is 13.3 Å². The Hall–Kier alpha value is -2.92. The summed E-state index contributed by atoms with van der Waals surface area (Å²) < 4.78 is 78.4. The number of hydrogen-bond acceptors (Lipinski definition) is 4. The molecule has 1 heterocycles. The molecule has 0 amide bonds. The average molecular weight is 606 g/mol. The van der Waals surface area contributed by atoms with Gasteiger partial charge >= 0.3 is 18.1 Å². The van der Waals surface area contributed by atoms with Crippen molar-refractivity contribution >= 4 is 23.5 Å². The van der Waals surface area contributed by atoms with Crippen molar-refractivity contribution in [1.29, 1.82) is 0 Å². The van der Waals surface area contributed by atoms with Crippen LogP contribution in [0.15, 0.2) is 42.5 Å². The molecule has 6 nitrogen and oxygen atoms in total. The molecule has 0 saturated carbocycles. The number of unbranched alkanes of at least 4 members (excludes halogenated alkanes) is 3. The van der Waals surface area contributed by atoms with Crippen molar-refractivity contribution < 1.29 is 46.5 Å². The van der Waals surface area contributed by atoms with Crippen LogP contribution in [-0.4, -0.2) is 47.5 Å². The molecule has 5 atom stereocenters. The molecule has 1 fully saturated rings. The third-order valence-electron chi connectivity index (χ3n) is 8.29. The summed E-state index contributed by atoms with van der Waals surface area (Å²) in [5.74, 6) is -6.29. The van der Waals surface area contributed by atoms with E-state index in [1.165, 1.54) is 6.92 Å². The van der Waals surface area contributed by atoms with Crippen molar-refractivity contribution in [2.45, 2.75) is 70.1 Å². The molecule has 1 saturated heterocycles. The first-order valence-electron chi connectivity index (χ1n) is 13.2. The standard InChI is InChI=1S/C29H33ClF5NO5/c1-17-28(26(39)40,14-8-3-4-9-15-41-18-10-6-5-7-11-18)24(27(2,25(37)38)21(16-31)36-17)22-20(32)13-12-19(30)23(22)29(33,34)35/h5-7,10-13,17,21,24,36H,3-4,8-9,14-16H2,1-2H3,(H,37,38)(H,39,40). The maximum Gasteiger partial charge on any atom is 0.418 e. The summed E-state index contributed by atoms with van der Waals surface area (Å²) in [6, 6.07) is 7.57. The van der Waals surface area contributed by atoms with Gasteiger partial charge in [-0.3, -0.25) is 9.59 Å². The highest BCUT2D eigenvalue weighted by atomic mass is 35.5. The number of carboxylic acids is 2. The zero-order valence-corrected chi connectivity index (χ0v) is 23.4. The molecule has 0 aliphatic carbocycles. The lowest BCUT2D eigenvalue weighted by molar-refractivity contribution is -0.174. The van der Waals surface area contributed by atoms with Crippen molar-refractivity contribution in [1.82, 2.24) is 5.32 Å². The largest absolute Gasteiger partial charge is 0.494 e. The van der Waals surface area contributed by atoms with Gasteiger partial charge in [-0.2, -0.15) is 13.2 Å². The van der Waals surface area contributed by atoms with Gasteiger partial charge in [-0.25, -0.2) is 8.78 Å². The molecule has 0 radical (unpaired) electrons. The van der Waals surface area contributed by atoms with Crippen molar-refractivity contribution in [3.63, 3.8) is 0 Å². The van der Waals surface area contributed by atoms with Crippen LogP contribution >= 0.6 is 11.6 Å². The number of carbonyl (C=O) groups is 2. The monoisotopic (exact) mass is 605 g/mol. The second-order valence-electron chi connectivity index (χ2n) is 10.6. The van der Waals surface area contributed by atoms with Crippen molar-refractivity contribution in [3.05, 3.63) is 64.4 Å². The van der Waals surface area contributed by atoms with Crippen LogP contribution in [-0.2, 0) is 15.8 Å². The van der Waals surface area contributed by atoms with Crippen molar-refractivity contribution in [3.8, 4) is 5.75 Å². The summed E-state index contributed by atoms with van der Waals surface area (Å²) in [6.07, 6.45) is -3.77. The van der Waals surface area contributed by atoms with E-state index in [-0.39, 0.29) is 12.8 Å². The minimum atomic E-state index is -5.25. The van der Waals surface area contributed by atoms with E-state index < -0.39 is 75.6 Å². The molecule has 1 aliphatic rings. The van der Waals surface area contributed by atoms with Gasteiger partial charge in [0.1, 0.15) is 18.2 Å². The highest BCUT2D eigenvalue weighted by Gasteiger charge is 2.67. The zero-order valence-electron chi connectivity index (χ0n) is 22.6. The van der Waals surface area contributed by atoms with Gasteiger partial charge in [-0.1, -0.05) is 49.1 Å². The Morgan fingerprint density at radius 1 is 1.02 bits per heavy atom. The summed E-state index contributed by atoms with van der Waals surface area (Å²) in [5.41, 5.74) is -7.59. The predicted molar refractivity (Wildman–Crippen MR) is 142 cm³/mol. The van der Waals surface area contributed by atoms with Gasteiger partial charge in [0.2, 0.25) is 0 Å². The minimum Gasteiger partial charge on any atom is -0.494 e. The molecule has 0 aromatic heterocycles. The van der Waals surface area contributed by atoms with E-state index in [1.54, 1.807) is 12.1 Å². The number of nitrogens with one attached hydrogen (secondary N) is 1. The lowest BCUT2D eigenvalue weighted by atomic mass is 9.50. The van der Waals surface area contributed by atoms with Crippen molar-refractivity contribution in [2.24, 2.45) is 10.8 Å².